The van der Waals surface area contributed by atoms with E-state index in [-0.39, 0.29) is 18.0 Å². The van der Waals surface area contributed by atoms with Gasteiger partial charge in [-0.25, -0.2) is 4.79 Å². The minimum Gasteiger partial charge on any atom is -0.370 e. The number of ether oxygens (including phenoxy) is 1. The van der Waals surface area contributed by atoms with Crippen LogP contribution in [0.1, 0.15) is 22.0 Å². The molecule has 0 spiro atoms. The predicted molar refractivity (Wildman–Crippen MR) is 106 cm³/mol. The standard InChI is InChI=1S/C20H20BrN3O3/c21-16-6-4-14(5-7-16)18-13-23(10-11-27-18)19(25)15-2-1-3-17(12-15)24-9-8-22-20(24)26/h1-7,12,18H,8-11,13H2,(H,22,26)/t18-/m1/s1. The third kappa shape index (κ3) is 3.84. The highest BCUT2D eigenvalue weighted by Crippen LogP contribution is 2.26. The third-order valence-electron chi connectivity index (χ3n) is 4.86. The Kier molecular flexibility index (Phi) is 5.13. The fraction of sp³-hybridized carbons (Fsp3) is 0.300. The fourth-order valence-electron chi connectivity index (χ4n) is 3.42. The number of hydrogen-bond donors (Lipinski definition) is 1. The molecule has 2 heterocycles. The van der Waals surface area contributed by atoms with E-state index in [4.69, 9.17) is 4.74 Å². The van der Waals surface area contributed by atoms with Gasteiger partial charge < -0.3 is 15.0 Å². The van der Waals surface area contributed by atoms with Gasteiger partial charge in [-0.05, 0) is 35.9 Å². The molecule has 0 radical (unpaired) electrons. The zero-order chi connectivity index (χ0) is 18.8. The Labute approximate surface area is 166 Å². The van der Waals surface area contributed by atoms with E-state index < -0.39 is 0 Å². The molecule has 2 aliphatic heterocycles. The number of benzene rings is 2. The van der Waals surface area contributed by atoms with E-state index in [1.807, 2.05) is 41.3 Å². The molecule has 0 aliphatic carbocycles. The molecule has 2 fully saturated rings. The van der Waals surface area contributed by atoms with Crippen LogP contribution in [-0.2, 0) is 4.74 Å². The van der Waals surface area contributed by atoms with Crippen molar-refractivity contribution in [1.82, 2.24) is 10.2 Å². The third-order valence-corrected chi connectivity index (χ3v) is 5.39. The lowest BCUT2D eigenvalue weighted by Crippen LogP contribution is -2.42. The van der Waals surface area contributed by atoms with Crippen molar-refractivity contribution in [2.45, 2.75) is 6.10 Å². The molecule has 2 aromatic rings. The molecule has 2 aromatic carbocycles. The van der Waals surface area contributed by atoms with Gasteiger partial charge in [-0.15, -0.1) is 0 Å². The number of carbonyl (C=O) groups excluding carboxylic acids is 2. The van der Waals surface area contributed by atoms with Crippen molar-refractivity contribution < 1.29 is 14.3 Å². The molecule has 6 nitrogen and oxygen atoms in total. The van der Waals surface area contributed by atoms with Gasteiger partial charge in [-0.2, -0.15) is 0 Å². The summed E-state index contributed by atoms with van der Waals surface area (Å²) in [7, 11) is 0. The molecule has 3 amide bonds. The van der Waals surface area contributed by atoms with Crippen molar-refractivity contribution in [3.8, 4) is 0 Å². The fourth-order valence-corrected chi connectivity index (χ4v) is 3.68. The van der Waals surface area contributed by atoms with E-state index in [0.29, 0.717) is 38.3 Å². The summed E-state index contributed by atoms with van der Waals surface area (Å²) in [6.45, 7) is 2.80. The van der Waals surface area contributed by atoms with Gasteiger partial charge in [-0.3, -0.25) is 9.69 Å². The lowest BCUT2D eigenvalue weighted by molar-refractivity contribution is -0.0228. The maximum Gasteiger partial charge on any atom is 0.321 e. The maximum atomic E-state index is 13.0. The summed E-state index contributed by atoms with van der Waals surface area (Å²) >= 11 is 3.44. The summed E-state index contributed by atoms with van der Waals surface area (Å²) in [5.41, 5.74) is 2.38. The number of urea groups is 1. The van der Waals surface area contributed by atoms with Crippen LogP contribution in [0.2, 0.25) is 0 Å². The van der Waals surface area contributed by atoms with Crippen LogP contribution in [0.3, 0.4) is 0 Å². The molecular formula is C20H20BrN3O3. The van der Waals surface area contributed by atoms with Crippen LogP contribution in [0.5, 0.6) is 0 Å². The second kappa shape index (κ2) is 7.70. The number of nitrogens with one attached hydrogen (secondary N) is 1. The molecule has 140 valence electrons. The number of morpholine rings is 1. The van der Waals surface area contributed by atoms with Crippen molar-refractivity contribution in [3.63, 3.8) is 0 Å². The summed E-state index contributed by atoms with van der Waals surface area (Å²) in [6, 6.07) is 15.1. The summed E-state index contributed by atoms with van der Waals surface area (Å²) in [4.78, 5) is 28.4. The van der Waals surface area contributed by atoms with Crippen LogP contribution in [0.25, 0.3) is 0 Å². The van der Waals surface area contributed by atoms with E-state index in [1.54, 1.807) is 17.0 Å². The Morgan fingerprint density at radius 3 is 2.70 bits per heavy atom. The molecule has 1 atom stereocenters. The first-order chi connectivity index (χ1) is 13.1. The molecule has 2 saturated heterocycles. The molecule has 4 rings (SSSR count). The normalized spacial score (nSPS) is 19.9. The Morgan fingerprint density at radius 1 is 1.15 bits per heavy atom. The van der Waals surface area contributed by atoms with Crippen molar-refractivity contribution in [2.24, 2.45) is 0 Å². The Morgan fingerprint density at radius 2 is 1.96 bits per heavy atom. The summed E-state index contributed by atoms with van der Waals surface area (Å²) < 4.78 is 6.88. The lowest BCUT2D eigenvalue weighted by Gasteiger charge is -2.33. The lowest BCUT2D eigenvalue weighted by atomic mass is 10.1. The molecule has 0 aromatic heterocycles. The molecule has 1 N–H and O–H groups in total. The van der Waals surface area contributed by atoms with E-state index in [2.05, 4.69) is 21.2 Å². The average molecular weight is 430 g/mol. The van der Waals surface area contributed by atoms with Crippen molar-refractivity contribution in [2.75, 3.05) is 37.7 Å². The van der Waals surface area contributed by atoms with Gasteiger partial charge in [-0.1, -0.05) is 34.1 Å². The summed E-state index contributed by atoms with van der Waals surface area (Å²) in [5.74, 6) is -0.0399. The first-order valence-corrected chi connectivity index (χ1v) is 9.73. The molecule has 0 bridgehead atoms. The van der Waals surface area contributed by atoms with E-state index >= 15 is 0 Å². The summed E-state index contributed by atoms with van der Waals surface area (Å²) in [5, 5.41) is 2.78. The Balaban J connectivity index is 1.50. The Bertz CT molecular complexity index is 856. The van der Waals surface area contributed by atoms with E-state index in [1.165, 1.54) is 0 Å². The molecule has 2 aliphatic rings. The molecular weight excluding hydrogens is 410 g/mol. The van der Waals surface area contributed by atoms with Crippen molar-refractivity contribution in [3.05, 3.63) is 64.1 Å². The number of anilines is 1. The molecule has 7 heteroatoms. The monoisotopic (exact) mass is 429 g/mol. The molecule has 0 saturated carbocycles. The van der Waals surface area contributed by atoms with Gasteiger partial charge in [0, 0.05) is 35.4 Å². The van der Waals surface area contributed by atoms with Crippen molar-refractivity contribution in [1.29, 1.82) is 0 Å². The minimum atomic E-state index is -0.136. The topological polar surface area (TPSA) is 61.9 Å². The van der Waals surface area contributed by atoms with Gasteiger partial charge in [0.25, 0.3) is 5.91 Å². The number of nitrogens with zero attached hydrogens (tertiary/aromatic N) is 2. The van der Waals surface area contributed by atoms with Crippen LogP contribution in [-0.4, -0.2) is 49.6 Å². The second-order valence-electron chi connectivity index (χ2n) is 6.60. The van der Waals surface area contributed by atoms with Crippen LogP contribution < -0.4 is 10.2 Å². The van der Waals surface area contributed by atoms with Crippen LogP contribution in [0, 0.1) is 0 Å². The second-order valence-corrected chi connectivity index (χ2v) is 7.51. The first-order valence-electron chi connectivity index (χ1n) is 8.93. The maximum absolute atomic E-state index is 13.0. The SMILES string of the molecule is O=C(c1cccc(N2CCNC2=O)c1)N1CCO[C@@H](c2ccc(Br)cc2)C1. The highest BCUT2D eigenvalue weighted by atomic mass is 79.9. The molecule has 27 heavy (non-hydrogen) atoms. The number of halogens is 1. The van der Waals surface area contributed by atoms with Gasteiger partial charge >= 0.3 is 6.03 Å². The van der Waals surface area contributed by atoms with Crippen LogP contribution in [0.15, 0.2) is 53.0 Å². The smallest absolute Gasteiger partial charge is 0.321 e. The predicted octanol–water partition coefficient (Wildman–Crippen LogP) is 3.19. The zero-order valence-electron chi connectivity index (χ0n) is 14.7. The number of carbonyl (C=O) groups is 2. The highest BCUT2D eigenvalue weighted by Gasteiger charge is 2.27. The van der Waals surface area contributed by atoms with Gasteiger partial charge in [0.1, 0.15) is 6.10 Å². The first kappa shape index (κ1) is 18.0. The summed E-state index contributed by atoms with van der Waals surface area (Å²) in [6.07, 6.45) is -0.136. The number of rotatable bonds is 3. The minimum absolute atomic E-state index is 0.0399. The zero-order valence-corrected chi connectivity index (χ0v) is 16.3. The number of amides is 3. The van der Waals surface area contributed by atoms with Gasteiger partial charge in [0.2, 0.25) is 0 Å². The van der Waals surface area contributed by atoms with E-state index in [0.717, 1.165) is 15.7 Å². The van der Waals surface area contributed by atoms with Crippen molar-refractivity contribution >= 4 is 33.6 Å². The highest BCUT2D eigenvalue weighted by molar-refractivity contribution is 9.10. The molecule has 0 unspecified atom stereocenters. The van der Waals surface area contributed by atoms with Gasteiger partial charge in [0.05, 0.1) is 13.2 Å². The largest absolute Gasteiger partial charge is 0.370 e. The number of hydrogen-bond acceptors (Lipinski definition) is 3. The van der Waals surface area contributed by atoms with E-state index in [9.17, 15) is 9.59 Å². The average Bonchev–Trinajstić information content (AvgIpc) is 3.14. The quantitative estimate of drug-likeness (QED) is 0.814. The van der Waals surface area contributed by atoms with Crippen LogP contribution in [0.4, 0.5) is 10.5 Å². The van der Waals surface area contributed by atoms with Crippen LogP contribution >= 0.6 is 15.9 Å². The Hall–Kier alpha value is -2.38. The van der Waals surface area contributed by atoms with Gasteiger partial charge in [0.15, 0.2) is 0 Å².